The van der Waals surface area contributed by atoms with Crippen molar-refractivity contribution < 1.29 is 4.39 Å². The van der Waals surface area contributed by atoms with Gasteiger partial charge in [-0.1, -0.05) is 17.7 Å². The second-order valence-electron chi connectivity index (χ2n) is 3.90. The smallest absolute Gasteiger partial charge is 0.142 e. The highest BCUT2D eigenvalue weighted by Gasteiger charge is 2.08. The minimum absolute atomic E-state index is 0.118. The van der Waals surface area contributed by atoms with Gasteiger partial charge in [0.25, 0.3) is 0 Å². The summed E-state index contributed by atoms with van der Waals surface area (Å²) < 4.78 is 13.3. The first-order valence-electron chi connectivity index (χ1n) is 5.32. The van der Waals surface area contributed by atoms with Crippen LogP contribution in [0, 0.1) is 12.7 Å². The van der Waals surface area contributed by atoms with Crippen LogP contribution < -0.4 is 0 Å². The van der Waals surface area contributed by atoms with Gasteiger partial charge in [0.2, 0.25) is 0 Å². The fourth-order valence-electron chi connectivity index (χ4n) is 1.77. The first-order chi connectivity index (χ1) is 8.65. The van der Waals surface area contributed by atoms with Crippen LogP contribution in [-0.4, -0.2) is 9.97 Å². The van der Waals surface area contributed by atoms with Gasteiger partial charge in [-0.3, -0.25) is 4.98 Å². The zero-order valence-corrected chi connectivity index (χ0v) is 11.0. The normalized spacial score (nSPS) is 11.1. The van der Waals surface area contributed by atoms with E-state index in [2.05, 4.69) is 9.97 Å². The summed E-state index contributed by atoms with van der Waals surface area (Å²) in [6.07, 6.45) is 3.39. The summed E-state index contributed by atoms with van der Waals surface area (Å²) in [5.74, 6) is -0.424. The highest BCUT2D eigenvalue weighted by atomic mass is 35.5. The standard InChI is InChI=1S/C13H8ClFN2S/c1-7-16-6-12(18-7)11-4-8-2-3-10(15)13(14)9(8)5-17-11/h2-6H,1H3. The van der Waals surface area contributed by atoms with Crippen LogP contribution in [0.4, 0.5) is 4.39 Å². The van der Waals surface area contributed by atoms with Crippen molar-refractivity contribution in [2.24, 2.45) is 0 Å². The number of hydrogen-bond donors (Lipinski definition) is 0. The van der Waals surface area contributed by atoms with Crippen LogP contribution in [0.3, 0.4) is 0 Å². The van der Waals surface area contributed by atoms with Crippen molar-refractivity contribution in [2.75, 3.05) is 0 Å². The van der Waals surface area contributed by atoms with Crippen LogP contribution in [0.2, 0.25) is 5.02 Å². The molecule has 0 atom stereocenters. The largest absolute Gasteiger partial charge is 0.255 e. The molecule has 0 fully saturated rings. The van der Waals surface area contributed by atoms with Gasteiger partial charge >= 0.3 is 0 Å². The van der Waals surface area contributed by atoms with Crippen LogP contribution in [-0.2, 0) is 0 Å². The van der Waals surface area contributed by atoms with Crippen LogP contribution in [0.15, 0.2) is 30.6 Å². The van der Waals surface area contributed by atoms with Crippen LogP contribution in [0.25, 0.3) is 21.3 Å². The van der Waals surface area contributed by atoms with Crippen LogP contribution in [0.1, 0.15) is 5.01 Å². The second kappa shape index (κ2) is 4.30. The van der Waals surface area contributed by atoms with E-state index in [0.29, 0.717) is 5.39 Å². The van der Waals surface area contributed by atoms with Crippen molar-refractivity contribution in [1.29, 1.82) is 0 Å². The molecule has 0 unspecified atom stereocenters. The molecule has 0 saturated carbocycles. The van der Waals surface area contributed by atoms with E-state index in [-0.39, 0.29) is 5.02 Å². The lowest BCUT2D eigenvalue weighted by molar-refractivity contribution is 0.630. The van der Waals surface area contributed by atoms with E-state index in [0.717, 1.165) is 21.0 Å². The maximum absolute atomic E-state index is 13.3. The predicted octanol–water partition coefficient (Wildman–Crippen LogP) is 4.46. The number of rotatable bonds is 1. The third-order valence-corrected chi connectivity index (χ3v) is 3.98. The van der Waals surface area contributed by atoms with E-state index in [4.69, 9.17) is 11.6 Å². The molecule has 2 heterocycles. The summed E-state index contributed by atoms with van der Waals surface area (Å²) in [4.78, 5) is 9.50. The summed E-state index contributed by atoms with van der Waals surface area (Å²) >= 11 is 7.48. The summed E-state index contributed by atoms with van der Waals surface area (Å²) in [5, 5.41) is 2.61. The van der Waals surface area contributed by atoms with Crippen molar-refractivity contribution in [3.63, 3.8) is 0 Å². The fourth-order valence-corrected chi connectivity index (χ4v) is 2.74. The summed E-state index contributed by atoms with van der Waals surface area (Å²) in [6, 6.07) is 4.97. The minimum Gasteiger partial charge on any atom is -0.255 e. The summed E-state index contributed by atoms with van der Waals surface area (Å²) in [5.41, 5.74) is 0.829. The molecule has 3 rings (SSSR count). The molecule has 1 aromatic carbocycles. The average Bonchev–Trinajstić information content (AvgIpc) is 2.80. The van der Waals surface area contributed by atoms with Gasteiger partial charge in [0, 0.05) is 17.8 Å². The Bertz CT molecular complexity index is 739. The van der Waals surface area contributed by atoms with Crippen LogP contribution in [0.5, 0.6) is 0 Å². The number of benzene rings is 1. The molecule has 0 saturated heterocycles. The number of hydrogen-bond acceptors (Lipinski definition) is 3. The molecule has 5 heteroatoms. The Kier molecular flexibility index (Phi) is 2.76. The highest BCUT2D eigenvalue weighted by Crippen LogP contribution is 2.30. The van der Waals surface area contributed by atoms with Gasteiger partial charge in [-0.2, -0.15) is 0 Å². The highest BCUT2D eigenvalue weighted by molar-refractivity contribution is 7.15. The molecule has 0 amide bonds. The van der Waals surface area contributed by atoms with Gasteiger partial charge in [0.15, 0.2) is 0 Å². The zero-order chi connectivity index (χ0) is 12.7. The van der Waals surface area contributed by atoms with Gasteiger partial charge < -0.3 is 0 Å². The number of pyridine rings is 1. The molecule has 0 N–H and O–H groups in total. The van der Waals surface area contributed by atoms with E-state index in [1.807, 2.05) is 13.0 Å². The van der Waals surface area contributed by atoms with Crippen molar-refractivity contribution in [1.82, 2.24) is 9.97 Å². The Balaban J connectivity index is 2.20. The van der Waals surface area contributed by atoms with E-state index < -0.39 is 5.82 Å². The number of thiazole rings is 1. The van der Waals surface area contributed by atoms with E-state index in [1.165, 1.54) is 6.07 Å². The van der Waals surface area contributed by atoms with Crippen molar-refractivity contribution in [3.8, 4) is 10.6 Å². The predicted molar refractivity (Wildman–Crippen MR) is 72.6 cm³/mol. The summed E-state index contributed by atoms with van der Waals surface area (Å²) in [7, 11) is 0. The van der Waals surface area contributed by atoms with Gasteiger partial charge in [0.1, 0.15) is 5.82 Å². The molecule has 0 bridgehead atoms. The average molecular weight is 279 g/mol. The molecule has 0 aliphatic carbocycles. The molecule has 0 aliphatic rings. The third kappa shape index (κ3) is 1.87. The lowest BCUT2D eigenvalue weighted by Crippen LogP contribution is -1.85. The molecule has 2 nitrogen and oxygen atoms in total. The molecule has 3 aromatic rings. The number of aryl methyl sites for hydroxylation is 1. The number of halogens is 2. The van der Waals surface area contributed by atoms with Crippen molar-refractivity contribution in [3.05, 3.63) is 46.4 Å². The number of nitrogens with zero attached hydrogens (tertiary/aromatic N) is 2. The Labute approximate surface area is 112 Å². The lowest BCUT2D eigenvalue weighted by atomic mass is 10.1. The fraction of sp³-hybridized carbons (Fsp3) is 0.0769. The lowest BCUT2D eigenvalue weighted by Gasteiger charge is -2.03. The van der Waals surface area contributed by atoms with Gasteiger partial charge in [-0.05, 0) is 24.4 Å². The molecule has 0 spiro atoms. The van der Waals surface area contributed by atoms with E-state index in [9.17, 15) is 4.39 Å². The first kappa shape index (κ1) is 11.6. The zero-order valence-electron chi connectivity index (χ0n) is 9.45. The molecule has 0 aliphatic heterocycles. The summed E-state index contributed by atoms with van der Waals surface area (Å²) in [6.45, 7) is 1.95. The Hall–Kier alpha value is -1.52. The Morgan fingerprint density at radius 2 is 2.06 bits per heavy atom. The van der Waals surface area contributed by atoms with Gasteiger partial charge in [0.05, 0.1) is 20.6 Å². The Morgan fingerprint density at radius 3 is 2.78 bits per heavy atom. The SMILES string of the molecule is Cc1ncc(-c2cc3ccc(F)c(Cl)c3cn2)s1. The third-order valence-electron chi connectivity index (χ3n) is 2.67. The second-order valence-corrected chi connectivity index (χ2v) is 5.51. The van der Waals surface area contributed by atoms with E-state index in [1.54, 1.807) is 29.8 Å². The topological polar surface area (TPSA) is 25.8 Å². The molecule has 0 radical (unpaired) electrons. The quantitative estimate of drug-likeness (QED) is 0.657. The maximum atomic E-state index is 13.3. The van der Waals surface area contributed by atoms with Gasteiger partial charge in [-0.25, -0.2) is 9.37 Å². The van der Waals surface area contributed by atoms with Gasteiger partial charge in [-0.15, -0.1) is 11.3 Å². The minimum atomic E-state index is -0.424. The number of aromatic nitrogens is 2. The molecule has 2 aromatic heterocycles. The van der Waals surface area contributed by atoms with E-state index >= 15 is 0 Å². The Morgan fingerprint density at radius 1 is 1.22 bits per heavy atom. The molecular formula is C13H8ClFN2S. The van der Waals surface area contributed by atoms with Crippen LogP contribution >= 0.6 is 22.9 Å². The number of fused-ring (bicyclic) bond motifs is 1. The molecule has 90 valence electrons. The maximum Gasteiger partial charge on any atom is 0.142 e. The monoisotopic (exact) mass is 278 g/mol. The van der Waals surface area contributed by atoms with Crippen molar-refractivity contribution >= 4 is 33.7 Å². The molecular weight excluding hydrogens is 271 g/mol. The molecule has 18 heavy (non-hydrogen) atoms. The van der Waals surface area contributed by atoms with Crippen molar-refractivity contribution in [2.45, 2.75) is 6.92 Å². The first-order valence-corrected chi connectivity index (χ1v) is 6.51.